The summed E-state index contributed by atoms with van der Waals surface area (Å²) < 4.78 is 52.9. The number of benzene rings is 2. The normalized spacial score (nSPS) is 13.3. The number of imidazole rings is 1. The van der Waals surface area contributed by atoms with Gasteiger partial charge in [-0.3, -0.25) is 0 Å². The highest BCUT2D eigenvalue weighted by atomic mass is 32.2. The highest BCUT2D eigenvalue weighted by Gasteiger charge is 2.21. The van der Waals surface area contributed by atoms with Crippen LogP contribution in [0.15, 0.2) is 41.3 Å². The number of fused-ring (bicyclic) bond motifs is 1. The van der Waals surface area contributed by atoms with Gasteiger partial charge in [-0.05, 0) is 36.8 Å². The van der Waals surface area contributed by atoms with Crippen LogP contribution in [0.25, 0.3) is 11.0 Å². The van der Waals surface area contributed by atoms with E-state index in [1.165, 1.54) is 18.2 Å². The number of nitrogens with two attached hydrogens (primary N) is 1. The summed E-state index contributed by atoms with van der Waals surface area (Å²) in [5.41, 5.74) is 7.16. The van der Waals surface area contributed by atoms with Crippen LogP contribution in [0, 0.1) is 11.6 Å². The van der Waals surface area contributed by atoms with Gasteiger partial charge in [-0.1, -0.05) is 6.07 Å². The minimum absolute atomic E-state index is 0.0502. The van der Waals surface area contributed by atoms with E-state index in [2.05, 4.69) is 4.98 Å². The Morgan fingerprint density at radius 2 is 1.84 bits per heavy atom. The van der Waals surface area contributed by atoms with Crippen LogP contribution >= 0.6 is 0 Å². The first-order chi connectivity index (χ1) is 11.7. The van der Waals surface area contributed by atoms with E-state index in [0.29, 0.717) is 22.4 Å². The fraction of sp³-hybridized carbons (Fsp3) is 0.235. The van der Waals surface area contributed by atoms with Gasteiger partial charge in [-0.25, -0.2) is 22.2 Å². The molecule has 0 saturated carbocycles. The second kappa shape index (κ2) is 6.20. The first-order valence-electron chi connectivity index (χ1n) is 7.56. The van der Waals surface area contributed by atoms with Gasteiger partial charge in [0.05, 0.1) is 22.0 Å². The molecule has 0 spiro atoms. The molecule has 1 atom stereocenters. The second-order valence-corrected chi connectivity index (χ2v) is 8.00. The average Bonchev–Trinajstić information content (AvgIpc) is 2.84. The molecule has 1 aromatic heterocycles. The van der Waals surface area contributed by atoms with E-state index in [9.17, 15) is 17.2 Å². The van der Waals surface area contributed by atoms with Crippen LogP contribution in [0.3, 0.4) is 0 Å². The summed E-state index contributed by atoms with van der Waals surface area (Å²) in [5, 5.41) is 0. The van der Waals surface area contributed by atoms with Gasteiger partial charge in [0.15, 0.2) is 9.84 Å². The average molecular weight is 365 g/mol. The Kier molecular flexibility index (Phi) is 4.34. The van der Waals surface area contributed by atoms with Crippen LogP contribution in [0.1, 0.15) is 24.4 Å². The van der Waals surface area contributed by atoms with Crippen molar-refractivity contribution < 1.29 is 17.2 Å². The molecule has 0 fully saturated rings. The lowest BCUT2D eigenvalue weighted by molar-refractivity contribution is 0.575. The van der Waals surface area contributed by atoms with Crippen molar-refractivity contribution in [2.45, 2.75) is 24.4 Å². The predicted molar refractivity (Wildman–Crippen MR) is 90.9 cm³/mol. The fourth-order valence-electron chi connectivity index (χ4n) is 2.86. The Morgan fingerprint density at radius 1 is 1.20 bits per heavy atom. The van der Waals surface area contributed by atoms with E-state index in [1.54, 1.807) is 23.6 Å². The van der Waals surface area contributed by atoms with Crippen LogP contribution in [0.4, 0.5) is 8.78 Å². The largest absolute Gasteiger partial charge is 0.322 e. The summed E-state index contributed by atoms with van der Waals surface area (Å²) in [4.78, 5) is 4.51. The van der Waals surface area contributed by atoms with E-state index < -0.39 is 27.5 Å². The van der Waals surface area contributed by atoms with Crippen LogP contribution in [0.5, 0.6) is 0 Å². The van der Waals surface area contributed by atoms with Gasteiger partial charge in [0, 0.05) is 18.9 Å². The summed E-state index contributed by atoms with van der Waals surface area (Å²) in [7, 11) is -3.52. The first-order valence-corrected chi connectivity index (χ1v) is 9.45. The zero-order chi connectivity index (χ0) is 18.4. The monoisotopic (exact) mass is 365 g/mol. The number of nitrogens with zero attached hydrogens (tertiary/aromatic N) is 2. The third-order valence-corrected chi connectivity index (χ3v) is 4.96. The zero-order valence-corrected chi connectivity index (χ0v) is 14.5. The number of rotatable bonds is 4. The summed E-state index contributed by atoms with van der Waals surface area (Å²) >= 11 is 0. The number of para-hydroxylation sites is 1. The van der Waals surface area contributed by atoms with Gasteiger partial charge in [-0.15, -0.1) is 0 Å². The fourth-order valence-corrected chi connectivity index (χ4v) is 3.75. The topological polar surface area (TPSA) is 78.0 Å². The Hall–Kier alpha value is -2.32. The van der Waals surface area contributed by atoms with Crippen molar-refractivity contribution in [2.75, 3.05) is 6.26 Å². The number of sulfone groups is 1. The Morgan fingerprint density at radius 3 is 2.40 bits per heavy atom. The summed E-state index contributed by atoms with van der Waals surface area (Å²) in [6, 6.07) is 7.45. The molecule has 8 heteroatoms. The number of aromatic nitrogens is 2. The smallest absolute Gasteiger partial charge is 0.177 e. The summed E-state index contributed by atoms with van der Waals surface area (Å²) in [5.74, 6) is -0.967. The Balaban J connectivity index is 2.29. The van der Waals surface area contributed by atoms with Crippen molar-refractivity contribution in [3.05, 3.63) is 59.4 Å². The third-order valence-electron chi connectivity index (χ3n) is 3.83. The van der Waals surface area contributed by atoms with Crippen molar-refractivity contribution in [1.82, 2.24) is 9.55 Å². The van der Waals surface area contributed by atoms with Crippen molar-refractivity contribution >= 4 is 20.9 Å². The molecular formula is C17H17F2N3O2S. The molecule has 3 aromatic rings. The maximum atomic E-state index is 13.5. The third kappa shape index (κ3) is 3.40. The lowest BCUT2D eigenvalue weighted by Gasteiger charge is -2.13. The minimum Gasteiger partial charge on any atom is -0.322 e. The van der Waals surface area contributed by atoms with Crippen molar-refractivity contribution in [2.24, 2.45) is 5.73 Å². The van der Waals surface area contributed by atoms with Gasteiger partial charge in [0.1, 0.15) is 17.5 Å². The maximum Gasteiger partial charge on any atom is 0.177 e. The standard InChI is InChI=1S/C17H17F2N3O2S/c1-10(20)17-21-14-4-3-5-15(25(2,23)24)16(14)22(17)9-11-6-12(18)8-13(19)7-11/h3-8,10H,9,20H2,1-2H3. The number of hydrogen-bond donors (Lipinski definition) is 1. The van der Waals surface area contributed by atoms with Crippen LogP contribution in [-0.2, 0) is 16.4 Å². The van der Waals surface area contributed by atoms with Gasteiger partial charge in [0.2, 0.25) is 0 Å². The summed E-state index contributed by atoms with van der Waals surface area (Å²) in [6.07, 6.45) is 1.10. The van der Waals surface area contributed by atoms with Crippen LogP contribution < -0.4 is 5.73 Å². The summed E-state index contributed by atoms with van der Waals surface area (Å²) in [6.45, 7) is 1.76. The molecule has 5 nitrogen and oxygen atoms in total. The molecule has 0 radical (unpaired) electrons. The molecule has 25 heavy (non-hydrogen) atoms. The van der Waals surface area contributed by atoms with Gasteiger partial charge >= 0.3 is 0 Å². The highest BCUT2D eigenvalue weighted by Crippen LogP contribution is 2.27. The Labute approximate surface area is 144 Å². The molecule has 1 heterocycles. The van der Waals surface area contributed by atoms with Crippen molar-refractivity contribution in [3.8, 4) is 0 Å². The molecule has 1 unspecified atom stereocenters. The lowest BCUT2D eigenvalue weighted by atomic mass is 10.2. The van der Waals surface area contributed by atoms with E-state index in [1.807, 2.05) is 0 Å². The van der Waals surface area contributed by atoms with E-state index in [-0.39, 0.29) is 11.4 Å². The van der Waals surface area contributed by atoms with Gasteiger partial charge in [-0.2, -0.15) is 0 Å². The number of halogens is 2. The van der Waals surface area contributed by atoms with E-state index in [0.717, 1.165) is 12.3 Å². The molecule has 132 valence electrons. The molecule has 0 saturated heterocycles. The molecule has 0 amide bonds. The quantitative estimate of drug-likeness (QED) is 0.771. The molecule has 0 aliphatic rings. The zero-order valence-electron chi connectivity index (χ0n) is 13.7. The molecule has 0 aliphatic heterocycles. The SMILES string of the molecule is CC(N)c1nc2cccc(S(C)(=O)=O)c2n1Cc1cc(F)cc(F)c1. The van der Waals surface area contributed by atoms with Crippen LogP contribution in [-0.4, -0.2) is 24.2 Å². The van der Waals surface area contributed by atoms with E-state index in [4.69, 9.17) is 5.73 Å². The Bertz CT molecular complexity index is 1040. The molecular weight excluding hydrogens is 348 g/mol. The molecule has 0 bridgehead atoms. The van der Waals surface area contributed by atoms with Crippen molar-refractivity contribution in [1.29, 1.82) is 0 Å². The molecule has 2 aromatic carbocycles. The predicted octanol–water partition coefficient (Wildman–Crippen LogP) is 2.79. The van der Waals surface area contributed by atoms with Gasteiger partial charge in [0.25, 0.3) is 0 Å². The minimum atomic E-state index is -3.52. The lowest BCUT2D eigenvalue weighted by Crippen LogP contribution is -2.15. The van der Waals surface area contributed by atoms with Crippen LogP contribution in [0.2, 0.25) is 0 Å². The molecule has 0 aliphatic carbocycles. The number of hydrogen-bond acceptors (Lipinski definition) is 4. The van der Waals surface area contributed by atoms with Gasteiger partial charge < -0.3 is 10.3 Å². The molecule has 2 N–H and O–H groups in total. The molecule has 3 rings (SSSR count). The first kappa shape index (κ1) is 17.5. The highest BCUT2D eigenvalue weighted by molar-refractivity contribution is 7.91. The van der Waals surface area contributed by atoms with E-state index >= 15 is 0 Å². The van der Waals surface area contributed by atoms with Crippen molar-refractivity contribution in [3.63, 3.8) is 0 Å². The maximum absolute atomic E-state index is 13.5. The second-order valence-electron chi connectivity index (χ2n) is 6.02.